The summed E-state index contributed by atoms with van der Waals surface area (Å²) in [5, 5.41) is 5.10. The second-order valence-corrected chi connectivity index (χ2v) is 4.22. The van der Waals surface area contributed by atoms with Crippen LogP contribution >= 0.6 is 0 Å². The van der Waals surface area contributed by atoms with E-state index in [0.717, 1.165) is 0 Å². The Morgan fingerprint density at radius 1 is 1.39 bits per heavy atom. The van der Waals surface area contributed by atoms with Crippen molar-refractivity contribution in [3.8, 4) is 0 Å². The van der Waals surface area contributed by atoms with Crippen LogP contribution in [-0.2, 0) is 16.1 Å². The molecule has 0 fully saturated rings. The molecule has 0 aliphatic carbocycles. The highest BCUT2D eigenvalue weighted by Crippen LogP contribution is 2.08. The van der Waals surface area contributed by atoms with Crippen molar-refractivity contribution in [2.45, 2.75) is 33.4 Å². The molecule has 2 amide bonds. The van der Waals surface area contributed by atoms with Crippen LogP contribution < -0.4 is 10.6 Å². The van der Waals surface area contributed by atoms with Crippen LogP contribution in [0.25, 0.3) is 0 Å². The fourth-order valence-corrected chi connectivity index (χ4v) is 1.46. The van der Waals surface area contributed by atoms with Crippen LogP contribution in [0.5, 0.6) is 0 Å². The van der Waals surface area contributed by atoms with Gasteiger partial charge in [0.05, 0.1) is 0 Å². The lowest BCUT2D eigenvalue weighted by Gasteiger charge is -2.13. The highest BCUT2D eigenvalue weighted by molar-refractivity contribution is 5.86. The van der Waals surface area contributed by atoms with Gasteiger partial charge in [-0.1, -0.05) is 12.1 Å². The Kier molecular flexibility index (Phi) is 4.83. The summed E-state index contributed by atoms with van der Waals surface area (Å²) in [5.41, 5.74) is 1.25. The molecule has 0 heterocycles. The van der Waals surface area contributed by atoms with E-state index in [1.165, 1.54) is 13.0 Å². The molecule has 0 unspecified atom stereocenters. The minimum atomic E-state index is -0.599. The number of carbonyl (C=O) groups is 2. The molecule has 5 heteroatoms. The van der Waals surface area contributed by atoms with E-state index in [0.29, 0.717) is 11.1 Å². The van der Waals surface area contributed by atoms with Gasteiger partial charge in [-0.2, -0.15) is 0 Å². The SMILES string of the molecule is CC(=O)N[C@@H](C)C(=O)NCc1ccc(C)c(F)c1. The molecule has 0 aromatic heterocycles. The van der Waals surface area contributed by atoms with Gasteiger partial charge >= 0.3 is 0 Å². The molecule has 0 spiro atoms. The number of benzene rings is 1. The summed E-state index contributed by atoms with van der Waals surface area (Å²) >= 11 is 0. The highest BCUT2D eigenvalue weighted by atomic mass is 19.1. The van der Waals surface area contributed by atoms with Gasteiger partial charge in [-0.25, -0.2) is 4.39 Å². The van der Waals surface area contributed by atoms with Crippen LogP contribution in [0.2, 0.25) is 0 Å². The molecule has 2 N–H and O–H groups in total. The number of amides is 2. The molecule has 0 saturated carbocycles. The summed E-state index contributed by atoms with van der Waals surface area (Å²) in [5.74, 6) is -0.859. The van der Waals surface area contributed by atoms with E-state index in [1.807, 2.05) is 0 Å². The standard InChI is InChI=1S/C13H17FN2O2/c1-8-4-5-11(6-12(8)14)7-15-13(18)9(2)16-10(3)17/h4-6,9H,7H2,1-3H3,(H,15,18)(H,16,17)/t9-/m0/s1. The lowest BCUT2D eigenvalue weighted by atomic mass is 10.1. The summed E-state index contributed by atoms with van der Waals surface area (Å²) in [4.78, 5) is 22.4. The van der Waals surface area contributed by atoms with Gasteiger partial charge in [0.25, 0.3) is 0 Å². The van der Waals surface area contributed by atoms with E-state index in [2.05, 4.69) is 10.6 Å². The number of hydrogen-bond donors (Lipinski definition) is 2. The Morgan fingerprint density at radius 3 is 2.61 bits per heavy atom. The summed E-state index contributed by atoms with van der Waals surface area (Å²) in [6.45, 7) is 4.85. The molecule has 0 aliphatic rings. The van der Waals surface area contributed by atoms with Gasteiger partial charge in [-0.15, -0.1) is 0 Å². The van der Waals surface area contributed by atoms with Gasteiger partial charge in [0.15, 0.2) is 0 Å². The second kappa shape index (κ2) is 6.14. The molecule has 0 aliphatic heterocycles. The van der Waals surface area contributed by atoms with Crippen molar-refractivity contribution in [3.63, 3.8) is 0 Å². The first-order chi connectivity index (χ1) is 8.40. The molecular weight excluding hydrogens is 235 g/mol. The summed E-state index contributed by atoms with van der Waals surface area (Å²) in [6, 6.07) is 4.20. The van der Waals surface area contributed by atoms with Crippen LogP contribution in [0, 0.1) is 12.7 Å². The van der Waals surface area contributed by atoms with Gasteiger partial charge < -0.3 is 10.6 Å². The number of carbonyl (C=O) groups excluding carboxylic acids is 2. The molecule has 1 atom stereocenters. The number of nitrogens with one attached hydrogen (secondary N) is 2. The predicted octanol–water partition coefficient (Wildman–Crippen LogP) is 1.27. The van der Waals surface area contributed by atoms with Crippen LogP contribution in [0.1, 0.15) is 25.0 Å². The lowest BCUT2D eigenvalue weighted by Crippen LogP contribution is -2.43. The summed E-state index contributed by atoms with van der Waals surface area (Å²) < 4.78 is 13.3. The monoisotopic (exact) mass is 252 g/mol. The molecule has 0 radical (unpaired) electrons. The Bertz CT molecular complexity index is 460. The maximum Gasteiger partial charge on any atom is 0.242 e. The van der Waals surface area contributed by atoms with Gasteiger partial charge in [-0.3, -0.25) is 9.59 Å². The van der Waals surface area contributed by atoms with E-state index in [4.69, 9.17) is 0 Å². The lowest BCUT2D eigenvalue weighted by molar-refractivity contribution is -0.127. The Balaban J connectivity index is 2.52. The van der Waals surface area contributed by atoms with Crippen molar-refractivity contribution >= 4 is 11.8 Å². The predicted molar refractivity (Wildman–Crippen MR) is 66.3 cm³/mol. The Hall–Kier alpha value is -1.91. The van der Waals surface area contributed by atoms with E-state index in [9.17, 15) is 14.0 Å². The summed E-state index contributed by atoms with van der Waals surface area (Å²) in [7, 11) is 0. The normalized spacial score (nSPS) is 11.8. The van der Waals surface area contributed by atoms with Gasteiger partial charge in [-0.05, 0) is 31.0 Å². The fourth-order valence-electron chi connectivity index (χ4n) is 1.46. The van der Waals surface area contributed by atoms with Crippen molar-refractivity contribution in [2.75, 3.05) is 0 Å². The maximum atomic E-state index is 13.3. The van der Waals surface area contributed by atoms with E-state index in [1.54, 1.807) is 26.0 Å². The van der Waals surface area contributed by atoms with Crippen LogP contribution in [0.4, 0.5) is 4.39 Å². The van der Waals surface area contributed by atoms with Crippen molar-refractivity contribution < 1.29 is 14.0 Å². The average molecular weight is 252 g/mol. The molecule has 98 valence electrons. The van der Waals surface area contributed by atoms with Gasteiger partial charge in [0, 0.05) is 13.5 Å². The average Bonchev–Trinajstić information content (AvgIpc) is 2.29. The van der Waals surface area contributed by atoms with Crippen molar-refractivity contribution in [1.29, 1.82) is 0 Å². The van der Waals surface area contributed by atoms with E-state index in [-0.39, 0.29) is 24.2 Å². The third-order valence-corrected chi connectivity index (χ3v) is 2.52. The second-order valence-electron chi connectivity index (χ2n) is 4.22. The Labute approximate surface area is 106 Å². The first kappa shape index (κ1) is 14.2. The minimum Gasteiger partial charge on any atom is -0.350 e. The zero-order chi connectivity index (χ0) is 13.7. The molecule has 1 aromatic rings. The van der Waals surface area contributed by atoms with E-state index < -0.39 is 6.04 Å². The third kappa shape index (κ3) is 4.16. The van der Waals surface area contributed by atoms with Crippen LogP contribution in [0.3, 0.4) is 0 Å². The quantitative estimate of drug-likeness (QED) is 0.848. The molecule has 0 saturated heterocycles. The van der Waals surface area contributed by atoms with Crippen LogP contribution in [0.15, 0.2) is 18.2 Å². The smallest absolute Gasteiger partial charge is 0.242 e. The molecule has 0 bridgehead atoms. The molecular formula is C13H17FN2O2. The number of hydrogen-bond acceptors (Lipinski definition) is 2. The zero-order valence-electron chi connectivity index (χ0n) is 10.7. The number of rotatable bonds is 4. The highest BCUT2D eigenvalue weighted by Gasteiger charge is 2.12. The Morgan fingerprint density at radius 2 is 2.06 bits per heavy atom. The fraction of sp³-hybridized carbons (Fsp3) is 0.385. The maximum absolute atomic E-state index is 13.3. The molecule has 18 heavy (non-hydrogen) atoms. The summed E-state index contributed by atoms with van der Waals surface area (Å²) in [6.07, 6.45) is 0. The number of halogens is 1. The molecule has 4 nitrogen and oxygen atoms in total. The minimum absolute atomic E-state index is 0.236. The molecule has 1 aromatic carbocycles. The first-order valence-corrected chi connectivity index (χ1v) is 5.70. The van der Waals surface area contributed by atoms with Gasteiger partial charge in [0.1, 0.15) is 11.9 Å². The zero-order valence-corrected chi connectivity index (χ0v) is 10.7. The first-order valence-electron chi connectivity index (χ1n) is 5.70. The topological polar surface area (TPSA) is 58.2 Å². The van der Waals surface area contributed by atoms with Gasteiger partial charge in [0.2, 0.25) is 11.8 Å². The van der Waals surface area contributed by atoms with Crippen molar-refractivity contribution in [1.82, 2.24) is 10.6 Å². The van der Waals surface area contributed by atoms with Crippen LogP contribution in [-0.4, -0.2) is 17.9 Å². The van der Waals surface area contributed by atoms with E-state index >= 15 is 0 Å². The molecule has 1 rings (SSSR count). The van der Waals surface area contributed by atoms with Crippen molar-refractivity contribution in [3.05, 3.63) is 35.1 Å². The largest absolute Gasteiger partial charge is 0.350 e. The number of aryl methyl sites for hydroxylation is 1. The third-order valence-electron chi connectivity index (χ3n) is 2.52. The van der Waals surface area contributed by atoms with Crippen molar-refractivity contribution in [2.24, 2.45) is 0 Å².